The van der Waals surface area contributed by atoms with Crippen molar-refractivity contribution in [3.8, 4) is 10.4 Å². The van der Waals surface area contributed by atoms with Crippen molar-refractivity contribution in [1.29, 1.82) is 0 Å². The number of nitrogen functional groups attached to an aromatic ring is 1. The lowest BCUT2D eigenvalue weighted by Gasteiger charge is -2.37. The minimum atomic E-state index is -0.984. The van der Waals surface area contributed by atoms with Crippen LogP contribution in [-0.2, 0) is 0 Å². The number of rotatable bonds is 4. The molecule has 3 aromatic rings. The summed E-state index contributed by atoms with van der Waals surface area (Å²) in [5.74, 6) is -0.140. The molecule has 0 radical (unpaired) electrons. The zero-order chi connectivity index (χ0) is 20.4. The number of nitrogens with zero attached hydrogens (tertiary/aromatic N) is 1. The molecule has 1 amide bonds. The second kappa shape index (κ2) is 8.04. The van der Waals surface area contributed by atoms with E-state index in [1.807, 2.05) is 41.8 Å². The maximum Gasteiger partial charge on any atom is 0.255 e. The zero-order valence-corrected chi connectivity index (χ0v) is 18.8. The molecule has 29 heavy (non-hydrogen) atoms. The molecule has 0 unspecified atom stereocenters. The molecule has 3 N–H and O–H groups in total. The fourth-order valence-corrected chi connectivity index (χ4v) is 6.37. The summed E-state index contributed by atoms with van der Waals surface area (Å²) in [7, 11) is -0.984. The van der Waals surface area contributed by atoms with Gasteiger partial charge >= 0.3 is 0 Å². The number of hydrogen-bond donors (Lipinski definition) is 2. The minimum Gasteiger partial charge on any atom is -0.397 e. The van der Waals surface area contributed by atoms with Gasteiger partial charge in [-0.1, -0.05) is 25.2 Å². The average Bonchev–Trinajstić information content (AvgIpc) is 3.25. The number of hydrogen-bond acceptors (Lipinski definition) is 4. The molecule has 1 aromatic heterocycles. The third kappa shape index (κ3) is 4.54. The van der Waals surface area contributed by atoms with E-state index in [2.05, 4.69) is 41.5 Å². The van der Waals surface area contributed by atoms with Crippen molar-refractivity contribution in [3.05, 3.63) is 65.5 Å². The topological polar surface area (TPSA) is 58.4 Å². The van der Waals surface area contributed by atoms with Crippen LogP contribution in [0.25, 0.3) is 10.4 Å². The summed E-state index contributed by atoms with van der Waals surface area (Å²) in [6, 6.07) is 20.4. The Labute approximate surface area is 177 Å². The summed E-state index contributed by atoms with van der Waals surface area (Å²) < 4.78 is 0. The quantitative estimate of drug-likeness (QED) is 0.415. The Morgan fingerprint density at radius 2 is 1.79 bits per heavy atom. The number of anilines is 3. The van der Waals surface area contributed by atoms with Crippen LogP contribution in [0.5, 0.6) is 0 Å². The SMILES string of the molecule is C[Si]1(C)CCN(c2ccc(C(=O)Nc3cc(-c4cccs4)ccc3N)cc2)CC1. The maximum atomic E-state index is 12.8. The highest BCUT2D eigenvalue weighted by Crippen LogP contribution is 2.31. The zero-order valence-electron chi connectivity index (χ0n) is 16.9. The van der Waals surface area contributed by atoms with Crippen molar-refractivity contribution in [2.24, 2.45) is 0 Å². The van der Waals surface area contributed by atoms with E-state index in [4.69, 9.17) is 5.73 Å². The number of carbonyl (C=O) groups is 1. The van der Waals surface area contributed by atoms with Crippen molar-refractivity contribution < 1.29 is 4.79 Å². The van der Waals surface area contributed by atoms with Gasteiger partial charge in [-0.15, -0.1) is 11.3 Å². The van der Waals surface area contributed by atoms with E-state index < -0.39 is 8.07 Å². The largest absolute Gasteiger partial charge is 0.397 e. The number of nitrogens with one attached hydrogen (secondary N) is 1. The number of nitrogens with two attached hydrogens (primary N) is 1. The van der Waals surface area contributed by atoms with Gasteiger partial charge in [-0.25, -0.2) is 0 Å². The first-order valence-corrected chi connectivity index (χ1v) is 14.3. The van der Waals surface area contributed by atoms with Crippen molar-refractivity contribution in [1.82, 2.24) is 0 Å². The third-order valence-electron chi connectivity index (χ3n) is 5.72. The van der Waals surface area contributed by atoms with Crippen LogP contribution in [0.3, 0.4) is 0 Å². The second-order valence-corrected chi connectivity index (χ2v) is 14.7. The molecule has 0 saturated carbocycles. The first-order chi connectivity index (χ1) is 13.9. The second-order valence-electron chi connectivity index (χ2n) is 8.43. The standard InChI is InChI=1S/C23H27N3OSSi/c1-29(2)14-11-26(12-15-29)19-8-5-17(6-9-19)23(27)25-21-16-18(7-10-20(21)24)22-4-3-13-28-22/h3-10,13,16H,11-12,14-15,24H2,1-2H3,(H,25,27). The molecule has 4 nitrogen and oxygen atoms in total. The Hall–Kier alpha value is -2.57. The van der Waals surface area contributed by atoms with Crippen LogP contribution >= 0.6 is 11.3 Å². The van der Waals surface area contributed by atoms with E-state index in [-0.39, 0.29) is 5.91 Å². The predicted octanol–water partition coefficient (Wildman–Crippen LogP) is 5.78. The van der Waals surface area contributed by atoms with Crippen molar-refractivity contribution >= 4 is 42.4 Å². The van der Waals surface area contributed by atoms with Gasteiger partial charge in [-0.2, -0.15) is 0 Å². The van der Waals surface area contributed by atoms with Gasteiger partial charge in [0, 0.05) is 29.2 Å². The number of amides is 1. The van der Waals surface area contributed by atoms with Gasteiger partial charge in [-0.3, -0.25) is 4.79 Å². The molecule has 0 aliphatic carbocycles. The van der Waals surface area contributed by atoms with E-state index >= 15 is 0 Å². The molecule has 0 bridgehead atoms. The van der Waals surface area contributed by atoms with Crippen LogP contribution in [0.4, 0.5) is 17.1 Å². The van der Waals surface area contributed by atoms with E-state index in [1.54, 1.807) is 11.3 Å². The molecule has 1 aliphatic rings. The minimum absolute atomic E-state index is 0.140. The van der Waals surface area contributed by atoms with Gasteiger partial charge in [0.15, 0.2) is 0 Å². The van der Waals surface area contributed by atoms with Crippen molar-refractivity contribution in [2.45, 2.75) is 25.2 Å². The number of benzene rings is 2. The predicted molar refractivity (Wildman–Crippen MR) is 128 cm³/mol. The molecule has 2 aromatic carbocycles. The molecular weight excluding hydrogens is 394 g/mol. The molecule has 6 heteroatoms. The molecule has 4 rings (SSSR count). The molecule has 2 heterocycles. The summed E-state index contributed by atoms with van der Waals surface area (Å²) in [5, 5.41) is 5.01. The van der Waals surface area contributed by atoms with Gasteiger partial charge in [0.2, 0.25) is 0 Å². The third-order valence-corrected chi connectivity index (χ3v) is 9.79. The Balaban J connectivity index is 1.46. The normalized spacial score (nSPS) is 15.9. The van der Waals surface area contributed by atoms with E-state index in [9.17, 15) is 4.79 Å². The van der Waals surface area contributed by atoms with Gasteiger partial charge in [0.1, 0.15) is 0 Å². The molecule has 1 aliphatic heterocycles. The fourth-order valence-electron chi connectivity index (χ4n) is 3.65. The first-order valence-electron chi connectivity index (χ1n) is 10.0. The Bertz CT molecular complexity index is 989. The van der Waals surface area contributed by atoms with Crippen LogP contribution in [0, 0.1) is 0 Å². The lowest BCUT2D eigenvalue weighted by atomic mass is 10.1. The highest BCUT2D eigenvalue weighted by molar-refractivity contribution is 7.13. The smallest absolute Gasteiger partial charge is 0.255 e. The van der Waals surface area contributed by atoms with Crippen LogP contribution < -0.4 is 16.0 Å². The molecule has 0 atom stereocenters. The van der Waals surface area contributed by atoms with Gasteiger partial charge in [0.25, 0.3) is 5.91 Å². The van der Waals surface area contributed by atoms with Gasteiger partial charge < -0.3 is 16.0 Å². The Morgan fingerprint density at radius 3 is 2.45 bits per heavy atom. The summed E-state index contributed by atoms with van der Waals surface area (Å²) in [4.78, 5) is 16.3. The van der Waals surface area contributed by atoms with Crippen LogP contribution in [-0.4, -0.2) is 27.1 Å². The summed E-state index contributed by atoms with van der Waals surface area (Å²) >= 11 is 1.67. The molecule has 1 fully saturated rings. The van der Waals surface area contributed by atoms with Crippen LogP contribution in [0.2, 0.25) is 25.2 Å². The summed E-state index contributed by atoms with van der Waals surface area (Å²) in [5.41, 5.74) is 10.2. The first kappa shape index (κ1) is 19.7. The molecular formula is C23H27N3OSSi. The number of carbonyl (C=O) groups excluding carboxylic acids is 1. The molecule has 150 valence electrons. The lowest BCUT2D eigenvalue weighted by Crippen LogP contribution is -2.42. The van der Waals surface area contributed by atoms with Gasteiger partial charge in [0.05, 0.1) is 19.4 Å². The monoisotopic (exact) mass is 421 g/mol. The lowest BCUT2D eigenvalue weighted by molar-refractivity contribution is 0.102. The molecule has 1 saturated heterocycles. The van der Waals surface area contributed by atoms with Crippen molar-refractivity contribution in [2.75, 3.05) is 29.0 Å². The van der Waals surface area contributed by atoms with E-state index in [1.165, 1.54) is 17.8 Å². The highest BCUT2D eigenvalue weighted by atomic mass is 32.1. The number of thiophene rings is 1. The molecule has 0 spiro atoms. The van der Waals surface area contributed by atoms with Gasteiger partial charge in [-0.05, 0) is 65.5 Å². The summed E-state index contributed by atoms with van der Waals surface area (Å²) in [6.45, 7) is 7.18. The van der Waals surface area contributed by atoms with Crippen molar-refractivity contribution in [3.63, 3.8) is 0 Å². The fraction of sp³-hybridized carbons (Fsp3) is 0.261. The Kier molecular flexibility index (Phi) is 5.47. The van der Waals surface area contributed by atoms with Crippen LogP contribution in [0.1, 0.15) is 10.4 Å². The van der Waals surface area contributed by atoms with Crippen LogP contribution in [0.15, 0.2) is 60.0 Å². The average molecular weight is 422 g/mol. The maximum absolute atomic E-state index is 12.8. The summed E-state index contributed by atoms with van der Waals surface area (Å²) in [6.07, 6.45) is 0. The highest BCUT2D eigenvalue weighted by Gasteiger charge is 2.27. The van der Waals surface area contributed by atoms with E-state index in [0.29, 0.717) is 16.9 Å². The van der Waals surface area contributed by atoms with E-state index in [0.717, 1.165) is 23.5 Å². The Morgan fingerprint density at radius 1 is 1.07 bits per heavy atom.